The van der Waals surface area contributed by atoms with Crippen LogP contribution in [-0.2, 0) is 14.1 Å². The lowest BCUT2D eigenvalue weighted by Crippen LogP contribution is -2.41. The fraction of sp³-hybridized carbons (Fsp3) is 0.421. The molecular formula is C19H25BO3S. The van der Waals surface area contributed by atoms with E-state index in [9.17, 15) is 4.79 Å². The van der Waals surface area contributed by atoms with Crippen molar-refractivity contribution in [2.75, 3.05) is 5.75 Å². The molecule has 0 bridgehead atoms. The Balaban J connectivity index is 2.37. The third kappa shape index (κ3) is 4.21. The quantitative estimate of drug-likeness (QED) is 0.730. The van der Waals surface area contributed by atoms with Gasteiger partial charge < -0.3 is 9.31 Å². The van der Waals surface area contributed by atoms with Gasteiger partial charge in [-0.2, -0.15) is 0 Å². The van der Waals surface area contributed by atoms with Crippen LogP contribution in [0.1, 0.15) is 45.7 Å². The second-order valence-corrected chi connectivity index (χ2v) is 8.07. The van der Waals surface area contributed by atoms with Gasteiger partial charge in [-0.1, -0.05) is 54.8 Å². The maximum absolute atomic E-state index is 11.4. The molecule has 1 aromatic carbocycles. The van der Waals surface area contributed by atoms with Gasteiger partial charge in [-0.05, 0) is 44.3 Å². The molecule has 24 heavy (non-hydrogen) atoms. The van der Waals surface area contributed by atoms with E-state index in [0.29, 0.717) is 5.75 Å². The SMILES string of the molecule is C=Cc1ccccc1C=C(CSC(C)=O)B1OC(C)(C)C(C)(C)O1. The first kappa shape index (κ1) is 19.0. The van der Waals surface area contributed by atoms with Gasteiger partial charge in [-0.15, -0.1) is 0 Å². The van der Waals surface area contributed by atoms with Gasteiger partial charge in [0.2, 0.25) is 0 Å². The Kier molecular flexibility index (Phi) is 5.79. The highest BCUT2D eigenvalue weighted by Gasteiger charge is 2.52. The lowest BCUT2D eigenvalue weighted by atomic mass is 9.78. The van der Waals surface area contributed by atoms with Crippen LogP contribution in [0.25, 0.3) is 12.2 Å². The molecular weight excluding hydrogens is 319 g/mol. The van der Waals surface area contributed by atoms with Crippen LogP contribution < -0.4 is 0 Å². The van der Waals surface area contributed by atoms with Gasteiger partial charge in [0, 0.05) is 12.7 Å². The highest BCUT2D eigenvalue weighted by atomic mass is 32.2. The molecule has 0 amide bonds. The summed E-state index contributed by atoms with van der Waals surface area (Å²) in [5.74, 6) is 0.539. The lowest BCUT2D eigenvalue weighted by molar-refractivity contribution is -0.109. The first-order valence-electron chi connectivity index (χ1n) is 8.07. The first-order chi connectivity index (χ1) is 11.2. The molecule has 0 N–H and O–H groups in total. The van der Waals surface area contributed by atoms with E-state index < -0.39 is 18.3 Å². The Morgan fingerprint density at radius 1 is 1.17 bits per heavy atom. The molecule has 1 aliphatic rings. The molecule has 0 atom stereocenters. The molecule has 1 aromatic rings. The number of rotatable bonds is 5. The minimum Gasteiger partial charge on any atom is -0.400 e. The van der Waals surface area contributed by atoms with Gasteiger partial charge in [-0.3, -0.25) is 4.79 Å². The second kappa shape index (κ2) is 7.30. The number of benzene rings is 1. The van der Waals surface area contributed by atoms with Crippen LogP contribution in [0.4, 0.5) is 0 Å². The molecule has 0 spiro atoms. The van der Waals surface area contributed by atoms with E-state index in [1.807, 2.05) is 58.0 Å². The normalized spacial score (nSPS) is 19.4. The molecule has 128 valence electrons. The summed E-state index contributed by atoms with van der Waals surface area (Å²) in [7, 11) is -0.459. The second-order valence-electron chi connectivity index (χ2n) is 6.92. The van der Waals surface area contributed by atoms with Crippen molar-refractivity contribution in [3.8, 4) is 0 Å². The van der Waals surface area contributed by atoms with E-state index in [2.05, 4.69) is 12.7 Å². The molecule has 3 nitrogen and oxygen atoms in total. The zero-order chi connectivity index (χ0) is 18.0. The molecule has 0 unspecified atom stereocenters. The van der Waals surface area contributed by atoms with Crippen molar-refractivity contribution in [1.29, 1.82) is 0 Å². The van der Waals surface area contributed by atoms with Crippen LogP contribution in [0, 0.1) is 0 Å². The van der Waals surface area contributed by atoms with Gasteiger partial charge in [0.25, 0.3) is 0 Å². The van der Waals surface area contributed by atoms with E-state index in [0.717, 1.165) is 16.6 Å². The predicted molar refractivity (Wildman–Crippen MR) is 104 cm³/mol. The van der Waals surface area contributed by atoms with Crippen LogP contribution >= 0.6 is 11.8 Å². The Hall–Kier alpha value is -1.30. The predicted octanol–water partition coefficient (Wildman–Crippen LogP) is 4.62. The molecule has 0 saturated carbocycles. The van der Waals surface area contributed by atoms with Gasteiger partial charge in [0.15, 0.2) is 5.12 Å². The average Bonchev–Trinajstić information content (AvgIpc) is 2.71. The molecule has 0 radical (unpaired) electrons. The summed E-state index contributed by atoms with van der Waals surface area (Å²) in [6, 6.07) is 8.01. The fourth-order valence-corrected chi connectivity index (χ4v) is 2.97. The summed E-state index contributed by atoms with van der Waals surface area (Å²) in [6.07, 6.45) is 3.88. The lowest BCUT2D eigenvalue weighted by Gasteiger charge is -2.32. The van der Waals surface area contributed by atoms with Crippen LogP contribution in [0.3, 0.4) is 0 Å². The molecule has 1 saturated heterocycles. The van der Waals surface area contributed by atoms with Crippen molar-refractivity contribution in [2.24, 2.45) is 0 Å². The molecule has 1 aliphatic heterocycles. The summed E-state index contributed by atoms with van der Waals surface area (Å²) in [6.45, 7) is 13.6. The topological polar surface area (TPSA) is 35.5 Å². The third-order valence-corrected chi connectivity index (χ3v) is 5.44. The number of carbonyl (C=O) groups is 1. The number of hydrogen-bond donors (Lipinski definition) is 0. The van der Waals surface area contributed by atoms with Crippen LogP contribution in [0.5, 0.6) is 0 Å². The van der Waals surface area contributed by atoms with Gasteiger partial charge in [0.05, 0.1) is 11.2 Å². The molecule has 2 rings (SSSR count). The summed E-state index contributed by atoms with van der Waals surface area (Å²) in [4.78, 5) is 11.4. The standard InChI is InChI=1S/C19H25BO3S/c1-7-15-10-8-9-11-16(15)12-17(13-24-14(2)21)20-22-18(3,4)19(5,6)23-20/h7-12H,1,13H2,2-6H3. The maximum atomic E-state index is 11.4. The largest absolute Gasteiger partial charge is 0.491 e. The van der Waals surface area contributed by atoms with Crippen LogP contribution in [-0.4, -0.2) is 29.2 Å². The fourth-order valence-electron chi connectivity index (χ4n) is 2.39. The summed E-state index contributed by atoms with van der Waals surface area (Å²) >= 11 is 1.27. The van der Waals surface area contributed by atoms with E-state index in [1.54, 1.807) is 6.92 Å². The van der Waals surface area contributed by atoms with E-state index in [1.165, 1.54) is 11.8 Å². The monoisotopic (exact) mass is 344 g/mol. The summed E-state index contributed by atoms with van der Waals surface area (Å²) in [5.41, 5.74) is 2.22. The Morgan fingerprint density at radius 3 is 2.21 bits per heavy atom. The Labute approximate surface area is 149 Å². The zero-order valence-electron chi connectivity index (χ0n) is 15.1. The van der Waals surface area contributed by atoms with Crippen molar-refractivity contribution >= 4 is 36.1 Å². The van der Waals surface area contributed by atoms with Gasteiger partial charge in [0.1, 0.15) is 0 Å². The van der Waals surface area contributed by atoms with Crippen molar-refractivity contribution in [3.05, 3.63) is 47.4 Å². The zero-order valence-corrected chi connectivity index (χ0v) is 15.9. The van der Waals surface area contributed by atoms with Crippen molar-refractivity contribution in [1.82, 2.24) is 0 Å². The third-order valence-electron chi connectivity index (χ3n) is 4.55. The Bertz CT molecular complexity index is 648. The molecule has 0 aromatic heterocycles. The highest BCUT2D eigenvalue weighted by molar-refractivity contribution is 8.13. The smallest absolute Gasteiger partial charge is 0.400 e. The number of carbonyl (C=O) groups excluding carboxylic acids is 1. The number of thioether (sulfide) groups is 1. The van der Waals surface area contributed by atoms with Crippen LogP contribution in [0.15, 0.2) is 36.3 Å². The molecule has 0 aliphatic carbocycles. The van der Waals surface area contributed by atoms with Crippen molar-refractivity contribution in [2.45, 2.75) is 45.8 Å². The van der Waals surface area contributed by atoms with E-state index in [-0.39, 0.29) is 5.12 Å². The highest BCUT2D eigenvalue weighted by Crippen LogP contribution is 2.39. The first-order valence-corrected chi connectivity index (χ1v) is 9.06. The van der Waals surface area contributed by atoms with Gasteiger partial charge >= 0.3 is 7.12 Å². The molecule has 5 heteroatoms. The minimum atomic E-state index is -0.459. The summed E-state index contributed by atoms with van der Waals surface area (Å²) in [5, 5.41) is 0.0782. The molecule has 1 fully saturated rings. The van der Waals surface area contributed by atoms with E-state index >= 15 is 0 Å². The minimum absolute atomic E-state index is 0.0782. The van der Waals surface area contributed by atoms with Gasteiger partial charge in [-0.25, -0.2) is 0 Å². The summed E-state index contributed by atoms with van der Waals surface area (Å²) < 4.78 is 12.3. The average molecular weight is 344 g/mol. The molecule has 1 heterocycles. The van der Waals surface area contributed by atoms with Crippen molar-refractivity contribution in [3.63, 3.8) is 0 Å². The van der Waals surface area contributed by atoms with Crippen molar-refractivity contribution < 1.29 is 14.1 Å². The van der Waals surface area contributed by atoms with Crippen LogP contribution in [0.2, 0.25) is 0 Å². The number of hydrogen-bond acceptors (Lipinski definition) is 4. The maximum Gasteiger partial charge on any atom is 0.491 e. The Morgan fingerprint density at radius 2 is 1.71 bits per heavy atom. The van der Waals surface area contributed by atoms with E-state index in [4.69, 9.17) is 9.31 Å².